The molecule has 4 heteroatoms. The van der Waals surface area contributed by atoms with Gasteiger partial charge in [-0.1, -0.05) is 0 Å². The van der Waals surface area contributed by atoms with Crippen LogP contribution in [0.2, 0.25) is 0 Å². The number of halogens is 2. The minimum atomic E-state index is -1.41. The van der Waals surface area contributed by atoms with Gasteiger partial charge in [0.2, 0.25) is 0 Å². The first-order valence-corrected chi connectivity index (χ1v) is 16.2. The topological polar surface area (TPSA) is 0 Å². The third-order valence-electron chi connectivity index (χ3n) is 2.32. The van der Waals surface area contributed by atoms with Crippen molar-refractivity contribution in [2.45, 2.75) is 12.8 Å². The third kappa shape index (κ3) is 3.54. The van der Waals surface area contributed by atoms with Gasteiger partial charge in [0.25, 0.3) is 0 Å². The summed E-state index contributed by atoms with van der Waals surface area (Å²) in [5, 5.41) is 0. The molecule has 2 aliphatic carbocycles. The van der Waals surface area contributed by atoms with Crippen molar-refractivity contribution in [1.29, 1.82) is 0 Å². The molecular formula is C10H12Br2HfSi. The zero-order chi connectivity index (χ0) is 8.39. The Hall–Kier alpha value is 1.01. The molecule has 0 amide bonds. The van der Waals surface area contributed by atoms with E-state index >= 15 is 0 Å². The van der Waals surface area contributed by atoms with Crippen molar-refractivity contribution in [1.82, 2.24) is 0 Å². The van der Waals surface area contributed by atoms with Gasteiger partial charge in [0.15, 0.2) is 0 Å². The second-order valence-corrected chi connectivity index (χ2v) is 17.0. The summed E-state index contributed by atoms with van der Waals surface area (Å²) >= 11 is -1.41. The molecule has 0 N–H and O–H groups in total. The predicted octanol–water partition coefficient (Wildman–Crippen LogP) is -4.15. The van der Waals surface area contributed by atoms with Crippen molar-refractivity contribution >= 4 is 6.94 Å². The van der Waals surface area contributed by atoms with Gasteiger partial charge in [-0.15, -0.1) is 0 Å². The van der Waals surface area contributed by atoms with Crippen LogP contribution in [0.1, 0.15) is 12.8 Å². The predicted molar refractivity (Wildman–Crippen MR) is 52.2 cm³/mol. The second-order valence-electron chi connectivity index (χ2n) is 3.13. The average Bonchev–Trinajstić information content (AvgIpc) is 2.77. The fraction of sp³-hybridized carbons (Fsp3) is 0.200. The molecule has 2 aliphatic rings. The summed E-state index contributed by atoms with van der Waals surface area (Å²) in [5.74, 6) is 0. The molecule has 0 aromatic rings. The van der Waals surface area contributed by atoms with Crippen LogP contribution in [0.15, 0.2) is 43.1 Å². The van der Waals surface area contributed by atoms with E-state index < -0.39 is 20.1 Å². The number of hydrogen-bond donors (Lipinski definition) is 0. The van der Waals surface area contributed by atoms with Crippen LogP contribution < -0.4 is 34.0 Å². The second kappa shape index (κ2) is 7.31. The molecule has 0 saturated carbocycles. The van der Waals surface area contributed by atoms with E-state index in [2.05, 4.69) is 43.4 Å². The summed E-state index contributed by atoms with van der Waals surface area (Å²) in [6.07, 6.45) is 16.2. The molecule has 0 nitrogen and oxygen atoms in total. The Morgan fingerprint density at radius 2 is 1.36 bits per heavy atom. The summed E-state index contributed by atoms with van der Waals surface area (Å²) in [5.41, 5.74) is 0. The number of allylic oxidation sites excluding steroid dienone is 8. The van der Waals surface area contributed by atoms with Crippen molar-refractivity contribution in [3.63, 3.8) is 0 Å². The van der Waals surface area contributed by atoms with Gasteiger partial charge >= 0.3 is 83.0 Å². The average molecular weight is 499 g/mol. The molecule has 0 unspecified atom stereocenters. The normalized spacial score (nSPS) is 16.2. The van der Waals surface area contributed by atoms with Crippen molar-refractivity contribution in [2.75, 3.05) is 0 Å². The van der Waals surface area contributed by atoms with Gasteiger partial charge in [0.05, 0.1) is 0 Å². The van der Waals surface area contributed by atoms with Gasteiger partial charge < -0.3 is 34.0 Å². The Morgan fingerprint density at radius 3 is 1.64 bits per heavy atom. The fourth-order valence-corrected chi connectivity index (χ4v) is 12.1. The Bertz CT molecular complexity index is 308. The summed E-state index contributed by atoms with van der Waals surface area (Å²) < 4.78 is 3.57. The summed E-state index contributed by atoms with van der Waals surface area (Å²) in [4.78, 5) is 0. The molecule has 0 atom stereocenters. The molecule has 0 aromatic carbocycles. The van der Waals surface area contributed by atoms with E-state index in [0.717, 1.165) is 0 Å². The molecule has 2 rings (SSSR count). The Balaban J connectivity index is 0.000000845. The first-order chi connectivity index (χ1) is 5.88. The van der Waals surface area contributed by atoms with Gasteiger partial charge in [0, 0.05) is 0 Å². The monoisotopic (exact) mass is 498 g/mol. The Labute approximate surface area is 116 Å². The standard InChI is InChI=1S/2C5H5.2BrH.Hf.H2Si/c2*1-2-4-5-3-1;;;;/h2*1-3H,4H2;2*1H;;1H2/q;;;;+2;/p-2. The van der Waals surface area contributed by atoms with Crippen LogP contribution in [-0.4, -0.2) is 6.94 Å². The maximum absolute atomic E-state index is 2.36. The molecule has 74 valence electrons. The van der Waals surface area contributed by atoms with Gasteiger partial charge in [-0.2, -0.15) is 0 Å². The maximum atomic E-state index is 2.36. The van der Waals surface area contributed by atoms with Gasteiger partial charge in [-0.3, -0.25) is 0 Å². The number of hydrogen-bond acceptors (Lipinski definition) is 0. The first kappa shape index (κ1) is 15.0. The van der Waals surface area contributed by atoms with E-state index in [4.69, 9.17) is 0 Å². The molecule has 0 spiro atoms. The third-order valence-corrected chi connectivity index (χ3v) is 18.0. The summed E-state index contributed by atoms with van der Waals surface area (Å²) in [6.45, 7) is 2.31. The molecule has 0 radical (unpaired) electrons. The van der Waals surface area contributed by atoms with E-state index in [-0.39, 0.29) is 34.0 Å². The molecule has 14 heavy (non-hydrogen) atoms. The Morgan fingerprint density at radius 1 is 0.929 bits per heavy atom. The van der Waals surface area contributed by atoms with Gasteiger partial charge in [-0.25, -0.2) is 0 Å². The van der Waals surface area contributed by atoms with E-state index in [9.17, 15) is 0 Å². The molecule has 0 bridgehead atoms. The number of rotatable bonds is 2. The minimum absolute atomic E-state index is 0. The zero-order valence-electron chi connectivity index (χ0n) is 7.84. The SMILES string of the molecule is [Br-].[Br-].[SiH2]=[Hf+2]([C]1=CC=CC1)[C]1=CC=CC1. The van der Waals surface area contributed by atoms with Gasteiger partial charge in [0.1, 0.15) is 0 Å². The van der Waals surface area contributed by atoms with Crippen molar-refractivity contribution in [3.05, 3.63) is 43.1 Å². The van der Waals surface area contributed by atoms with Crippen LogP contribution in [-0.2, 0) is 20.1 Å². The zero-order valence-corrected chi connectivity index (χ0v) is 16.0. The van der Waals surface area contributed by atoms with E-state index in [1.54, 1.807) is 6.66 Å². The molecular weight excluding hydrogens is 486 g/mol. The van der Waals surface area contributed by atoms with Crippen LogP contribution >= 0.6 is 0 Å². The van der Waals surface area contributed by atoms with Crippen LogP contribution in [0.25, 0.3) is 0 Å². The summed E-state index contributed by atoms with van der Waals surface area (Å²) in [7, 11) is 0. The van der Waals surface area contributed by atoms with Gasteiger partial charge in [-0.05, 0) is 0 Å². The van der Waals surface area contributed by atoms with Crippen molar-refractivity contribution in [2.24, 2.45) is 0 Å². The molecule has 0 heterocycles. The van der Waals surface area contributed by atoms with Crippen molar-refractivity contribution < 1.29 is 54.0 Å². The molecule has 0 fully saturated rings. The van der Waals surface area contributed by atoms with Crippen LogP contribution in [0.3, 0.4) is 0 Å². The Kier molecular flexibility index (Phi) is 7.83. The fourth-order valence-electron chi connectivity index (χ4n) is 1.55. The molecule has 0 aliphatic heterocycles. The van der Waals surface area contributed by atoms with Crippen molar-refractivity contribution in [3.8, 4) is 0 Å². The quantitative estimate of drug-likeness (QED) is 0.340. The molecule has 0 aromatic heterocycles. The van der Waals surface area contributed by atoms with Crippen LogP contribution in [0.5, 0.6) is 0 Å². The first-order valence-electron chi connectivity index (χ1n) is 4.29. The van der Waals surface area contributed by atoms with E-state index in [1.807, 2.05) is 0 Å². The molecule has 0 saturated heterocycles. The van der Waals surface area contributed by atoms with E-state index in [1.165, 1.54) is 12.8 Å². The van der Waals surface area contributed by atoms with Crippen LogP contribution in [0, 0.1) is 0 Å². The van der Waals surface area contributed by atoms with Crippen LogP contribution in [0.4, 0.5) is 0 Å². The van der Waals surface area contributed by atoms with E-state index in [0.29, 0.717) is 0 Å². The summed E-state index contributed by atoms with van der Waals surface area (Å²) in [6, 6.07) is 0.